The lowest BCUT2D eigenvalue weighted by molar-refractivity contribution is 0.318. The zero-order valence-electron chi connectivity index (χ0n) is 7.51. The van der Waals surface area contributed by atoms with E-state index in [1.165, 1.54) is 0 Å². The van der Waals surface area contributed by atoms with E-state index in [0.29, 0.717) is 0 Å². The number of nitrogens with zero attached hydrogens (tertiary/aromatic N) is 1. The van der Waals surface area contributed by atoms with Gasteiger partial charge in [-0.3, -0.25) is 0 Å². The van der Waals surface area contributed by atoms with Gasteiger partial charge in [0.25, 0.3) is 0 Å². The van der Waals surface area contributed by atoms with Gasteiger partial charge in [-0.2, -0.15) is 0 Å². The van der Waals surface area contributed by atoms with Crippen molar-refractivity contribution < 1.29 is 5.21 Å². The standard InChI is InChI=1S/C11H10N2O/c12-11(13-14)10-6-5-8-3-1-2-4-9(8)7-10/h1-7,14H,(H2,12,13). The Morgan fingerprint density at radius 1 is 1.07 bits per heavy atom. The summed E-state index contributed by atoms with van der Waals surface area (Å²) >= 11 is 0. The van der Waals surface area contributed by atoms with Gasteiger partial charge in [-0.1, -0.05) is 41.6 Å². The van der Waals surface area contributed by atoms with Crippen molar-refractivity contribution in [2.24, 2.45) is 10.9 Å². The highest BCUT2D eigenvalue weighted by Gasteiger charge is 1.99. The summed E-state index contributed by atoms with van der Waals surface area (Å²) in [5, 5.41) is 13.7. The molecule has 14 heavy (non-hydrogen) atoms. The minimum atomic E-state index is 0.135. The Kier molecular flexibility index (Phi) is 2.07. The molecule has 2 aromatic carbocycles. The van der Waals surface area contributed by atoms with Crippen LogP contribution in [-0.4, -0.2) is 11.0 Å². The maximum absolute atomic E-state index is 8.52. The summed E-state index contributed by atoms with van der Waals surface area (Å²) < 4.78 is 0. The SMILES string of the molecule is NC(=NO)c1ccc2ccccc2c1. The van der Waals surface area contributed by atoms with Gasteiger partial charge in [0, 0.05) is 5.56 Å². The van der Waals surface area contributed by atoms with Crippen LogP contribution in [0.5, 0.6) is 0 Å². The third-order valence-electron chi connectivity index (χ3n) is 2.15. The molecule has 0 amide bonds. The topological polar surface area (TPSA) is 58.6 Å². The first-order chi connectivity index (χ1) is 6.81. The predicted molar refractivity (Wildman–Crippen MR) is 56.5 cm³/mol. The molecule has 0 saturated heterocycles. The highest BCUT2D eigenvalue weighted by molar-refractivity contribution is 6.00. The molecule has 0 radical (unpaired) electrons. The molecule has 3 nitrogen and oxygen atoms in total. The molecule has 0 aliphatic rings. The van der Waals surface area contributed by atoms with Crippen LogP contribution in [0.1, 0.15) is 5.56 Å². The van der Waals surface area contributed by atoms with Crippen LogP contribution in [0.3, 0.4) is 0 Å². The second-order valence-electron chi connectivity index (χ2n) is 3.05. The fourth-order valence-electron chi connectivity index (χ4n) is 1.41. The van der Waals surface area contributed by atoms with Gasteiger partial charge in [0.15, 0.2) is 5.84 Å². The first kappa shape index (κ1) is 8.56. The van der Waals surface area contributed by atoms with E-state index in [0.717, 1.165) is 16.3 Å². The molecular weight excluding hydrogens is 176 g/mol. The number of hydrogen-bond acceptors (Lipinski definition) is 2. The fraction of sp³-hybridized carbons (Fsp3) is 0. The van der Waals surface area contributed by atoms with E-state index >= 15 is 0 Å². The van der Waals surface area contributed by atoms with Gasteiger partial charge in [0.05, 0.1) is 0 Å². The van der Waals surface area contributed by atoms with Crippen LogP contribution in [0.25, 0.3) is 10.8 Å². The zero-order chi connectivity index (χ0) is 9.97. The first-order valence-electron chi connectivity index (χ1n) is 4.28. The van der Waals surface area contributed by atoms with Crippen molar-refractivity contribution in [3.63, 3.8) is 0 Å². The molecule has 0 saturated carbocycles. The number of hydrogen-bond donors (Lipinski definition) is 2. The lowest BCUT2D eigenvalue weighted by atomic mass is 10.1. The molecule has 0 bridgehead atoms. The molecule has 2 rings (SSSR count). The minimum absolute atomic E-state index is 0.135. The van der Waals surface area contributed by atoms with Crippen molar-refractivity contribution >= 4 is 16.6 Å². The summed E-state index contributed by atoms with van der Waals surface area (Å²) in [7, 11) is 0. The Morgan fingerprint density at radius 3 is 2.50 bits per heavy atom. The third kappa shape index (κ3) is 1.40. The number of rotatable bonds is 1. The van der Waals surface area contributed by atoms with E-state index < -0.39 is 0 Å². The van der Waals surface area contributed by atoms with Gasteiger partial charge in [0.1, 0.15) is 0 Å². The van der Waals surface area contributed by atoms with Crippen molar-refractivity contribution in [3.05, 3.63) is 48.0 Å². The normalized spacial score (nSPS) is 11.9. The summed E-state index contributed by atoms with van der Waals surface area (Å²) in [6, 6.07) is 13.6. The lowest BCUT2D eigenvalue weighted by Crippen LogP contribution is -2.12. The van der Waals surface area contributed by atoms with Crippen LogP contribution in [0.4, 0.5) is 0 Å². The second kappa shape index (κ2) is 3.38. The van der Waals surface area contributed by atoms with Gasteiger partial charge in [-0.15, -0.1) is 0 Å². The van der Waals surface area contributed by atoms with E-state index in [1.54, 1.807) is 0 Å². The van der Waals surface area contributed by atoms with Crippen LogP contribution in [0.2, 0.25) is 0 Å². The van der Waals surface area contributed by atoms with Crippen molar-refractivity contribution in [2.75, 3.05) is 0 Å². The predicted octanol–water partition coefficient (Wildman–Crippen LogP) is 1.93. The molecule has 0 aromatic heterocycles. The van der Waals surface area contributed by atoms with Crippen LogP contribution < -0.4 is 5.73 Å². The summed E-state index contributed by atoms with van der Waals surface area (Å²) in [6.07, 6.45) is 0. The molecule has 3 heteroatoms. The number of nitrogens with two attached hydrogens (primary N) is 1. The molecule has 0 aliphatic carbocycles. The highest BCUT2D eigenvalue weighted by atomic mass is 16.4. The molecule has 70 valence electrons. The maximum Gasteiger partial charge on any atom is 0.170 e. The molecule has 0 fully saturated rings. The van der Waals surface area contributed by atoms with Crippen LogP contribution in [0, 0.1) is 0 Å². The van der Waals surface area contributed by atoms with Crippen molar-refractivity contribution in [2.45, 2.75) is 0 Å². The van der Waals surface area contributed by atoms with Crippen molar-refractivity contribution in [3.8, 4) is 0 Å². The smallest absolute Gasteiger partial charge is 0.170 e. The Labute approximate surface area is 81.5 Å². The molecule has 0 spiro atoms. The lowest BCUT2D eigenvalue weighted by Gasteiger charge is -2.01. The molecule has 2 aromatic rings. The average molecular weight is 186 g/mol. The van der Waals surface area contributed by atoms with E-state index in [9.17, 15) is 0 Å². The maximum atomic E-state index is 8.52. The fourth-order valence-corrected chi connectivity index (χ4v) is 1.41. The largest absolute Gasteiger partial charge is 0.409 e. The third-order valence-corrected chi connectivity index (χ3v) is 2.15. The summed E-state index contributed by atoms with van der Waals surface area (Å²) in [6.45, 7) is 0. The van der Waals surface area contributed by atoms with Gasteiger partial charge in [-0.25, -0.2) is 0 Å². The number of fused-ring (bicyclic) bond motifs is 1. The van der Waals surface area contributed by atoms with Crippen LogP contribution >= 0.6 is 0 Å². The zero-order valence-corrected chi connectivity index (χ0v) is 7.51. The first-order valence-corrected chi connectivity index (χ1v) is 4.28. The quantitative estimate of drug-likeness (QED) is 0.309. The van der Waals surface area contributed by atoms with E-state index in [1.807, 2.05) is 42.5 Å². The highest BCUT2D eigenvalue weighted by Crippen LogP contribution is 2.15. The molecule has 3 N–H and O–H groups in total. The van der Waals surface area contributed by atoms with E-state index in [4.69, 9.17) is 10.9 Å². The molecule has 0 aliphatic heterocycles. The Balaban J connectivity index is 2.62. The van der Waals surface area contributed by atoms with Gasteiger partial charge in [0.2, 0.25) is 0 Å². The number of amidine groups is 1. The van der Waals surface area contributed by atoms with Gasteiger partial charge < -0.3 is 10.9 Å². The number of oxime groups is 1. The van der Waals surface area contributed by atoms with Gasteiger partial charge in [-0.05, 0) is 16.8 Å². The van der Waals surface area contributed by atoms with Crippen LogP contribution in [-0.2, 0) is 0 Å². The van der Waals surface area contributed by atoms with E-state index in [-0.39, 0.29) is 5.84 Å². The van der Waals surface area contributed by atoms with Gasteiger partial charge >= 0.3 is 0 Å². The minimum Gasteiger partial charge on any atom is -0.409 e. The second-order valence-corrected chi connectivity index (χ2v) is 3.05. The summed E-state index contributed by atoms with van der Waals surface area (Å²) in [5.74, 6) is 0.135. The molecule has 0 unspecified atom stereocenters. The van der Waals surface area contributed by atoms with Crippen LogP contribution in [0.15, 0.2) is 47.6 Å². The van der Waals surface area contributed by atoms with Crippen molar-refractivity contribution in [1.82, 2.24) is 0 Å². The number of benzene rings is 2. The Hall–Kier alpha value is -2.03. The van der Waals surface area contributed by atoms with Crippen molar-refractivity contribution in [1.29, 1.82) is 0 Å². The Morgan fingerprint density at radius 2 is 1.79 bits per heavy atom. The Bertz CT molecular complexity index is 491. The van der Waals surface area contributed by atoms with E-state index in [2.05, 4.69) is 5.16 Å². The molecule has 0 atom stereocenters. The summed E-state index contributed by atoms with van der Waals surface area (Å²) in [5.41, 5.74) is 6.21. The average Bonchev–Trinajstić information content (AvgIpc) is 2.27. The summed E-state index contributed by atoms with van der Waals surface area (Å²) in [4.78, 5) is 0. The molecular formula is C11H10N2O. The molecule has 0 heterocycles. The monoisotopic (exact) mass is 186 g/mol.